The van der Waals surface area contributed by atoms with Crippen molar-refractivity contribution in [1.29, 1.82) is 0 Å². The molecule has 0 aliphatic heterocycles. The smallest absolute Gasteiger partial charge is 0.303 e. The van der Waals surface area contributed by atoms with Gasteiger partial charge in [-0.3, -0.25) is 9.59 Å². The molecule has 2 atom stereocenters. The van der Waals surface area contributed by atoms with E-state index in [1.54, 1.807) is 25.1 Å². The highest BCUT2D eigenvalue weighted by atomic mass is 16.5. The molecule has 0 spiro atoms. The van der Waals surface area contributed by atoms with E-state index in [1.165, 1.54) is 18.1 Å². The molecule has 1 saturated carbocycles. The molecule has 158 valence electrons. The molecular weight excluding hydrogens is 362 g/mol. The Bertz CT molecular complexity index is 706. The second-order valence-corrected chi connectivity index (χ2v) is 8.16. The zero-order valence-electron chi connectivity index (χ0n) is 18.1. The van der Waals surface area contributed by atoms with Gasteiger partial charge in [-0.25, -0.2) is 0 Å². The van der Waals surface area contributed by atoms with Crippen LogP contribution in [-0.2, 0) is 20.7 Å². The van der Waals surface area contributed by atoms with E-state index in [1.807, 2.05) is 6.07 Å². The third-order valence-corrected chi connectivity index (χ3v) is 5.33. The molecule has 0 radical (unpaired) electrons. The summed E-state index contributed by atoms with van der Waals surface area (Å²) >= 11 is 0. The van der Waals surface area contributed by atoms with Crippen molar-refractivity contribution >= 4 is 11.9 Å². The predicted molar refractivity (Wildman–Crippen MR) is 117 cm³/mol. The maximum Gasteiger partial charge on any atom is 0.303 e. The third-order valence-electron chi connectivity index (χ3n) is 5.33. The van der Waals surface area contributed by atoms with E-state index in [0.717, 1.165) is 51.4 Å². The first-order valence-electron chi connectivity index (χ1n) is 10.7. The van der Waals surface area contributed by atoms with Gasteiger partial charge in [-0.2, -0.15) is 0 Å². The molecule has 4 heteroatoms. The van der Waals surface area contributed by atoms with E-state index in [-0.39, 0.29) is 18.0 Å². The molecular formula is C25H35NO3. The van der Waals surface area contributed by atoms with Crippen molar-refractivity contribution in [1.82, 2.24) is 4.90 Å². The number of hydrogen-bond acceptors (Lipinski definition) is 3. The summed E-state index contributed by atoms with van der Waals surface area (Å²) in [4.78, 5) is 25.0. The van der Waals surface area contributed by atoms with Crippen LogP contribution in [-0.4, -0.2) is 37.0 Å². The lowest BCUT2D eigenvalue weighted by molar-refractivity contribution is -0.144. The zero-order chi connectivity index (χ0) is 21.1. The molecule has 2 rings (SSSR count). The first-order chi connectivity index (χ1) is 13.9. The van der Waals surface area contributed by atoms with Crippen LogP contribution < -0.4 is 0 Å². The minimum Gasteiger partial charge on any atom is -0.458 e. The normalized spacial score (nSPS) is 19.3. The van der Waals surface area contributed by atoms with Gasteiger partial charge in [0.1, 0.15) is 6.10 Å². The summed E-state index contributed by atoms with van der Waals surface area (Å²) in [6.45, 7) is 1.47. The van der Waals surface area contributed by atoms with Crippen LogP contribution in [0.2, 0.25) is 0 Å². The second-order valence-electron chi connectivity index (χ2n) is 8.16. The monoisotopic (exact) mass is 397 g/mol. The van der Waals surface area contributed by atoms with Crippen molar-refractivity contribution in [2.45, 2.75) is 64.4 Å². The Labute approximate surface area is 175 Å². The van der Waals surface area contributed by atoms with E-state index < -0.39 is 0 Å². The van der Waals surface area contributed by atoms with Crippen LogP contribution in [0.4, 0.5) is 0 Å². The summed E-state index contributed by atoms with van der Waals surface area (Å²) in [5, 5.41) is 0. The first kappa shape index (κ1) is 22.9. The number of benzene rings is 1. The van der Waals surface area contributed by atoms with Crippen LogP contribution >= 0.6 is 0 Å². The SMILES string of the molecule is CC(=O)O[C@H](/C=C/[C@@H]1CCC/C(=C/C(=O)N(C)C)C1)CCCCc1ccccc1. The average molecular weight is 398 g/mol. The summed E-state index contributed by atoms with van der Waals surface area (Å²) < 4.78 is 5.52. The molecule has 1 amide bonds. The van der Waals surface area contributed by atoms with Crippen molar-refractivity contribution in [3.05, 3.63) is 59.7 Å². The molecule has 1 aliphatic rings. The molecule has 0 saturated heterocycles. The fourth-order valence-electron chi connectivity index (χ4n) is 3.74. The number of esters is 1. The highest BCUT2D eigenvalue weighted by molar-refractivity contribution is 5.87. The molecule has 0 unspecified atom stereocenters. The maximum absolute atomic E-state index is 11.9. The van der Waals surface area contributed by atoms with Crippen molar-refractivity contribution in [2.75, 3.05) is 14.1 Å². The number of aryl methyl sites for hydroxylation is 1. The van der Waals surface area contributed by atoms with Gasteiger partial charge in [0.2, 0.25) is 5.91 Å². The lowest BCUT2D eigenvalue weighted by atomic mass is 9.84. The van der Waals surface area contributed by atoms with Gasteiger partial charge in [0.05, 0.1) is 0 Å². The lowest BCUT2D eigenvalue weighted by Gasteiger charge is -2.22. The molecule has 1 aliphatic carbocycles. The van der Waals surface area contributed by atoms with Crippen LogP contribution in [0.3, 0.4) is 0 Å². The van der Waals surface area contributed by atoms with Gasteiger partial charge in [0, 0.05) is 27.1 Å². The van der Waals surface area contributed by atoms with E-state index >= 15 is 0 Å². The molecule has 0 N–H and O–H groups in total. The third kappa shape index (κ3) is 9.12. The van der Waals surface area contributed by atoms with Crippen LogP contribution in [0.5, 0.6) is 0 Å². The Balaban J connectivity index is 1.85. The Morgan fingerprint density at radius 2 is 1.97 bits per heavy atom. The zero-order valence-corrected chi connectivity index (χ0v) is 18.1. The number of carbonyl (C=O) groups excluding carboxylic acids is 2. The number of carbonyl (C=O) groups is 2. The van der Waals surface area contributed by atoms with Crippen molar-refractivity contribution in [2.24, 2.45) is 5.92 Å². The van der Waals surface area contributed by atoms with Gasteiger partial charge in [-0.1, -0.05) is 42.0 Å². The van der Waals surface area contributed by atoms with Gasteiger partial charge in [0.25, 0.3) is 0 Å². The van der Waals surface area contributed by atoms with Crippen LogP contribution in [0, 0.1) is 5.92 Å². The standard InChI is InChI=1S/C25H35NO3/c1-20(27)29-24(15-8-7-12-21-10-5-4-6-11-21)17-16-22-13-9-14-23(18-22)19-25(28)26(2)3/h4-6,10-11,16-17,19,22,24H,7-9,12-15,18H2,1-3H3/b17-16+,23-19-/t22-,24-/m0/s1. The van der Waals surface area contributed by atoms with Crippen LogP contribution in [0.25, 0.3) is 0 Å². The van der Waals surface area contributed by atoms with Gasteiger partial charge in [-0.05, 0) is 68.9 Å². The van der Waals surface area contributed by atoms with Crippen LogP contribution in [0.15, 0.2) is 54.1 Å². The molecule has 0 bridgehead atoms. The number of unbranched alkanes of at least 4 members (excludes halogenated alkanes) is 1. The highest BCUT2D eigenvalue weighted by Crippen LogP contribution is 2.29. The van der Waals surface area contributed by atoms with Crippen molar-refractivity contribution in [3.63, 3.8) is 0 Å². The quantitative estimate of drug-likeness (QED) is 0.252. The summed E-state index contributed by atoms with van der Waals surface area (Å²) in [7, 11) is 3.56. The lowest BCUT2D eigenvalue weighted by Crippen LogP contribution is -2.20. The van der Waals surface area contributed by atoms with Gasteiger partial charge >= 0.3 is 5.97 Å². The van der Waals surface area contributed by atoms with E-state index in [0.29, 0.717) is 5.92 Å². The number of likely N-dealkylation sites (N-methyl/N-ethyl adjacent to an activating group) is 1. The summed E-state index contributed by atoms with van der Waals surface area (Å²) in [6, 6.07) is 10.5. The van der Waals surface area contributed by atoms with Gasteiger partial charge < -0.3 is 9.64 Å². The highest BCUT2D eigenvalue weighted by Gasteiger charge is 2.17. The summed E-state index contributed by atoms with van der Waals surface area (Å²) in [5.41, 5.74) is 2.57. The van der Waals surface area contributed by atoms with Crippen LogP contribution in [0.1, 0.15) is 57.4 Å². The molecule has 0 heterocycles. The summed E-state index contributed by atoms with van der Waals surface area (Å²) in [6.07, 6.45) is 14.0. The molecule has 4 nitrogen and oxygen atoms in total. The largest absolute Gasteiger partial charge is 0.458 e. The predicted octanol–water partition coefficient (Wildman–Crippen LogP) is 5.09. The van der Waals surface area contributed by atoms with Gasteiger partial charge in [0.15, 0.2) is 0 Å². The Morgan fingerprint density at radius 3 is 2.66 bits per heavy atom. The number of nitrogens with zero attached hydrogens (tertiary/aromatic N) is 1. The Morgan fingerprint density at radius 1 is 1.21 bits per heavy atom. The fraction of sp³-hybridized carbons (Fsp3) is 0.520. The minimum atomic E-state index is -0.233. The van der Waals surface area contributed by atoms with E-state index in [9.17, 15) is 9.59 Å². The molecule has 29 heavy (non-hydrogen) atoms. The van der Waals surface area contributed by atoms with Crippen molar-refractivity contribution in [3.8, 4) is 0 Å². The Hall–Kier alpha value is -2.36. The summed E-state index contributed by atoms with van der Waals surface area (Å²) in [5.74, 6) is 0.233. The Kier molecular flexibility index (Phi) is 9.69. The second kappa shape index (κ2) is 12.3. The maximum atomic E-state index is 11.9. The number of ether oxygens (including phenoxy) is 1. The number of hydrogen-bond donors (Lipinski definition) is 0. The first-order valence-corrected chi connectivity index (χ1v) is 10.7. The number of amides is 1. The molecule has 1 fully saturated rings. The van der Waals surface area contributed by atoms with E-state index in [4.69, 9.17) is 4.74 Å². The van der Waals surface area contributed by atoms with E-state index in [2.05, 4.69) is 36.4 Å². The molecule has 1 aromatic rings. The molecule has 0 aromatic heterocycles. The minimum absolute atomic E-state index is 0.0563. The number of rotatable bonds is 9. The van der Waals surface area contributed by atoms with Crippen molar-refractivity contribution < 1.29 is 14.3 Å². The molecule has 1 aromatic carbocycles. The van der Waals surface area contributed by atoms with Gasteiger partial charge in [-0.15, -0.1) is 0 Å². The fourth-order valence-corrected chi connectivity index (χ4v) is 3.74. The number of allylic oxidation sites excluding steroid dienone is 2. The topological polar surface area (TPSA) is 46.6 Å². The average Bonchev–Trinajstić information content (AvgIpc) is 2.70.